The summed E-state index contributed by atoms with van der Waals surface area (Å²) in [5.41, 5.74) is 0.768. The van der Waals surface area contributed by atoms with Crippen LogP contribution in [0.25, 0.3) is 11.5 Å². The Kier molecular flexibility index (Phi) is 5.05. The summed E-state index contributed by atoms with van der Waals surface area (Å²) in [6, 6.07) is 11.7. The number of anilines is 3. The van der Waals surface area contributed by atoms with E-state index in [9.17, 15) is 4.39 Å². The van der Waals surface area contributed by atoms with E-state index in [1.54, 1.807) is 6.20 Å². The van der Waals surface area contributed by atoms with Crippen LogP contribution < -0.4 is 10.2 Å². The van der Waals surface area contributed by atoms with Crippen LogP contribution in [0.2, 0.25) is 0 Å². The van der Waals surface area contributed by atoms with Crippen LogP contribution in [0, 0.1) is 19.8 Å². The lowest BCUT2D eigenvalue weighted by Crippen LogP contribution is -2.60. The highest BCUT2D eigenvalue weighted by molar-refractivity contribution is 7.99. The highest BCUT2D eigenvalue weighted by Gasteiger charge is 2.54. The van der Waals surface area contributed by atoms with Crippen LogP contribution in [0.1, 0.15) is 27.1 Å². The van der Waals surface area contributed by atoms with Gasteiger partial charge in [-0.05, 0) is 68.6 Å². The lowest BCUT2D eigenvalue weighted by Gasteiger charge is -2.45. The van der Waals surface area contributed by atoms with Crippen molar-refractivity contribution in [3.63, 3.8) is 0 Å². The molecule has 0 radical (unpaired) electrons. The van der Waals surface area contributed by atoms with Crippen molar-refractivity contribution < 1.29 is 11.7 Å². The van der Waals surface area contributed by atoms with Gasteiger partial charge in [-0.15, -0.1) is 0 Å². The quantitative estimate of drug-likeness (QED) is 0.320. The first kappa shape index (κ1) is 21.2. The molecule has 178 valence electrons. The van der Waals surface area contributed by atoms with E-state index in [0.29, 0.717) is 41.6 Å². The Hall–Kier alpha value is -3.40. The predicted octanol–water partition coefficient (Wildman–Crippen LogP) is 5.80. The summed E-state index contributed by atoms with van der Waals surface area (Å²) < 4.78 is 20.6. The van der Waals surface area contributed by atoms with Gasteiger partial charge >= 0.3 is 0 Å². The van der Waals surface area contributed by atoms with Crippen molar-refractivity contribution >= 4 is 29.2 Å². The number of nitrogens with zero attached hydrogens (tertiary/aromatic N) is 5. The monoisotopic (exact) mass is 481 g/mol. The number of oxazole rings is 1. The molecular weight excluding hydrogens is 453 g/mol. The topological polar surface area (TPSA) is 95.8 Å². The molecule has 1 saturated heterocycles. The van der Waals surface area contributed by atoms with Crippen molar-refractivity contribution in [3.8, 4) is 11.5 Å². The first-order valence-corrected chi connectivity index (χ1v) is 12.1. The van der Waals surface area contributed by atoms with Crippen molar-refractivity contribution in [2.45, 2.75) is 42.4 Å². The second kappa shape index (κ2) is 8.12. The predicted molar refractivity (Wildman–Crippen MR) is 132 cm³/mol. The van der Waals surface area contributed by atoms with Gasteiger partial charge in [0.05, 0.1) is 19.3 Å². The number of H-pyrrole nitrogens is 1. The number of aromatic amines is 1. The molecule has 10 heteroatoms. The van der Waals surface area contributed by atoms with E-state index in [-0.39, 0.29) is 8.77 Å². The lowest BCUT2D eigenvalue weighted by atomic mass is 9.91. The molecule has 0 spiro atoms. The fourth-order valence-corrected chi connectivity index (χ4v) is 4.93. The largest absolute Gasteiger partial charge is 0.441 e. The van der Waals surface area contributed by atoms with Gasteiger partial charge in [0, 0.05) is 31.1 Å². The molecule has 0 amide bonds. The third kappa shape index (κ3) is 4.25. The molecule has 2 fully saturated rings. The Morgan fingerprint density at radius 2 is 1.94 bits per heavy atom. The number of alkyl halides is 1. The van der Waals surface area contributed by atoms with E-state index in [4.69, 9.17) is 9.40 Å². The number of aromatic nitrogens is 5. The maximum absolute atomic E-state index is 15.0. The van der Waals surface area contributed by atoms with Gasteiger partial charge in [0.15, 0.2) is 11.0 Å². The van der Waals surface area contributed by atoms with Gasteiger partial charge in [0.1, 0.15) is 23.1 Å². The van der Waals surface area contributed by atoms with Crippen molar-refractivity contribution in [2.75, 3.05) is 23.3 Å². The van der Waals surface area contributed by atoms with Gasteiger partial charge in [-0.1, -0.05) is 0 Å². The highest BCUT2D eigenvalue weighted by Crippen LogP contribution is 2.48. The van der Waals surface area contributed by atoms with Crippen molar-refractivity contribution in [1.82, 2.24) is 25.1 Å². The van der Waals surface area contributed by atoms with Crippen LogP contribution in [0.3, 0.4) is 0 Å². The lowest BCUT2D eigenvalue weighted by molar-refractivity contribution is 0.0924. The minimum atomic E-state index is -1.08. The molecule has 4 aromatic rings. The smallest absolute Gasteiger partial charge is 0.226 e. The van der Waals surface area contributed by atoms with Crippen LogP contribution in [0.5, 0.6) is 0 Å². The van der Waals surface area contributed by atoms with E-state index in [0.717, 1.165) is 34.8 Å². The molecule has 0 bridgehead atoms. The van der Waals surface area contributed by atoms with Gasteiger partial charge in [-0.2, -0.15) is 5.10 Å². The van der Waals surface area contributed by atoms with Crippen LogP contribution in [-0.4, -0.2) is 43.9 Å². The maximum Gasteiger partial charge on any atom is 0.226 e. The summed E-state index contributed by atoms with van der Waals surface area (Å²) >= 11 is 1.45. The van der Waals surface area contributed by atoms with Crippen LogP contribution in [0.15, 0.2) is 57.1 Å². The van der Waals surface area contributed by atoms with E-state index in [1.165, 1.54) is 11.8 Å². The number of benzene rings is 1. The number of halogens is 1. The Morgan fingerprint density at radius 3 is 2.59 bits per heavy atom. The van der Waals surface area contributed by atoms with Crippen LogP contribution in [-0.2, 0) is 0 Å². The third-order valence-electron chi connectivity index (χ3n) is 6.13. The minimum absolute atomic E-state index is 0. The Bertz CT molecular complexity index is 1340. The van der Waals surface area contributed by atoms with Crippen molar-refractivity contribution in [1.29, 1.82) is 0 Å². The molecule has 3 aromatic heterocycles. The van der Waals surface area contributed by atoms with E-state index >= 15 is 0 Å². The molecule has 0 atom stereocenters. The SMILES string of the molecule is Cc1cc(Nc2cc(N3CC(F)(C4CC4)C3)nc(Sc3ccc(-c4ncc(C)o4)cc3)n2)n[nH]1.[HH].[HH]. The minimum Gasteiger partial charge on any atom is -0.441 e. The summed E-state index contributed by atoms with van der Waals surface area (Å²) in [6.07, 6.45) is 3.69. The zero-order valence-corrected chi connectivity index (χ0v) is 19.7. The molecule has 1 aliphatic carbocycles. The summed E-state index contributed by atoms with van der Waals surface area (Å²) in [6.45, 7) is 4.57. The molecule has 1 aliphatic heterocycles. The zero-order chi connectivity index (χ0) is 23.3. The molecule has 34 heavy (non-hydrogen) atoms. The van der Waals surface area contributed by atoms with Gasteiger partial charge in [0.2, 0.25) is 5.89 Å². The number of aryl methyl sites for hydroxylation is 2. The molecule has 1 aromatic carbocycles. The van der Waals surface area contributed by atoms with E-state index in [2.05, 4.69) is 25.5 Å². The highest BCUT2D eigenvalue weighted by atomic mass is 32.2. The first-order chi connectivity index (χ1) is 16.4. The molecule has 2 N–H and O–H groups in total. The van der Waals surface area contributed by atoms with E-state index < -0.39 is 5.67 Å². The fourth-order valence-electron chi connectivity index (χ4n) is 4.17. The molecule has 0 unspecified atom stereocenters. The molecule has 8 nitrogen and oxygen atoms in total. The molecule has 2 aliphatic rings. The standard InChI is InChI=1S/C24H24FN7OS.2H2/c1-14-9-20(31-30-14)27-19-10-21(32-12-24(25,13-32)17-5-6-17)29-23(28-19)34-18-7-3-16(4-8-18)22-26-11-15(2)33-22;;/h3-4,7-11,17H,5-6,12-13H2,1-2H3,(H2,27,28,29,30,31);2*1H. The number of hydrogen-bond acceptors (Lipinski definition) is 8. The summed E-state index contributed by atoms with van der Waals surface area (Å²) in [5.74, 6) is 3.58. The Balaban J connectivity index is 0.00000152. The van der Waals surface area contributed by atoms with Crippen LogP contribution >= 0.6 is 11.8 Å². The van der Waals surface area contributed by atoms with Gasteiger partial charge < -0.3 is 14.6 Å². The molecular formula is C24H28FN7OS. The zero-order valence-electron chi connectivity index (χ0n) is 18.9. The molecule has 4 heterocycles. The summed E-state index contributed by atoms with van der Waals surface area (Å²) in [4.78, 5) is 16.7. The molecule has 6 rings (SSSR count). The Morgan fingerprint density at radius 1 is 1.15 bits per heavy atom. The second-order valence-electron chi connectivity index (χ2n) is 9.02. The number of rotatable bonds is 7. The summed E-state index contributed by atoms with van der Waals surface area (Å²) in [5, 5.41) is 11.0. The number of nitrogens with one attached hydrogen (secondary N) is 2. The average Bonchev–Trinajstić information content (AvgIpc) is 3.45. The fraction of sp³-hybridized carbons (Fsp3) is 0.333. The average molecular weight is 482 g/mol. The number of hydrogen-bond donors (Lipinski definition) is 2. The summed E-state index contributed by atoms with van der Waals surface area (Å²) in [7, 11) is 0. The first-order valence-electron chi connectivity index (χ1n) is 11.3. The second-order valence-corrected chi connectivity index (χ2v) is 10.1. The third-order valence-corrected chi connectivity index (χ3v) is 7.00. The Labute approximate surface area is 203 Å². The van der Waals surface area contributed by atoms with Gasteiger partial charge in [-0.25, -0.2) is 19.3 Å². The van der Waals surface area contributed by atoms with E-state index in [1.807, 2.05) is 55.1 Å². The van der Waals surface area contributed by atoms with Gasteiger partial charge in [0.25, 0.3) is 0 Å². The normalized spacial score (nSPS) is 17.0. The van der Waals surface area contributed by atoms with Gasteiger partial charge in [-0.3, -0.25) is 5.10 Å². The van der Waals surface area contributed by atoms with Crippen molar-refractivity contribution in [3.05, 3.63) is 54.0 Å². The van der Waals surface area contributed by atoms with Crippen molar-refractivity contribution in [2.24, 2.45) is 5.92 Å². The maximum atomic E-state index is 15.0. The van der Waals surface area contributed by atoms with Crippen LogP contribution in [0.4, 0.5) is 21.8 Å². The molecule has 1 saturated carbocycles.